The first-order valence-corrected chi connectivity index (χ1v) is 7.52. The summed E-state index contributed by atoms with van der Waals surface area (Å²) in [6.07, 6.45) is 4.56. The summed E-state index contributed by atoms with van der Waals surface area (Å²) in [5.41, 5.74) is 3.97. The van der Waals surface area contributed by atoms with Crippen LogP contribution < -0.4 is 0 Å². The zero-order valence-electron chi connectivity index (χ0n) is 11.9. The van der Waals surface area contributed by atoms with Crippen molar-refractivity contribution >= 4 is 11.4 Å². The van der Waals surface area contributed by atoms with Gasteiger partial charge in [-0.2, -0.15) is 4.21 Å². The van der Waals surface area contributed by atoms with Crippen LogP contribution in [0.25, 0.3) is 0 Å². The minimum absolute atomic E-state index is 0.339. The molecule has 1 N–H and O–H groups in total. The van der Waals surface area contributed by atoms with Gasteiger partial charge in [0.2, 0.25) is 0 Å². The maximum absolute atomic E-state index is 10.5. The quantitative estimate of drug-likeness (QED) is 0.398. The molecule has 0 rings (SSSR count). The smallest absolute Gasteiger partial charge is 0.357 e. The summed E-state index contributed by atoms with van der Waals surface area (Å²) in [5, 5.41) is 0. The summed E-state index contributed by atoms with van der Waals surface area (Å²) < 4.78 is 23.8. The van der Waals surface area contributed by atoms with Crippen LogP contribution >= 0.6 is 0 Å². The largest absolute Gasteiger partial charge is 0.376 e. The summed E-state index contributed by atoms with van der Waals surface area (Å²) in [4.78, 5) is 2.25. The van der Waals surface area contributed by atoms with E-state index in [9.17, 15) is 4.21 Å². The first kappa shape index (κ1) is 17.2. The number of unbranched alkanes of at least 4 members (excludes halogenated alkanes) is 2. The second-order valence-corrected chi connectivity index (χ2v) is 4.86. The van der Waals surface area contributed by atoms with E-state index < -0.39 is 11.4 Å². The number of hydrogen-bond donors (Lipinski definition) is 1. The van der Waals surface area contributed by atoms with Gasteiger partial charge in [-0.1, -0.05) is 32.4 Å². The Morgan fingerprint density at radius 1 is 1.22 bits per heavy atom. The molecule has 0 saturated carbocycles. The fourth-order valence-corrected chi connectivity index (χ4v) is 1.86. The maximum atomic E-state index is 10.5. The SMILES string of the molecule is CCCCN(CCCC)C(C)=C=C(C)OS(=O)O. The third kappa shape index (κ3) is 8.34. The average Bonchev–Trinajstić information content (AvgIpc) is 2.27. The topological polar surface area (TPSA) is 49.8 Å². The van der Waals surface area contributed by atoms with Crippen LogP contribution in [-0.4, -0.2) is 26.8 Å². The lowest BCUT2D eigenvalue weighted by atomic mass is 10.2. The van der Waals surface area contributed by atoms with Gasteiger partial charge >= 0.3 is 11.4 Å². The summed E-state index contributed by atoms with van der Waals surface area (Å²) >= 11 is -2.27. The van der Waals surface area contributed by atoms with Crippen molar-refractivity contribution in [1.82, 2.24) is 4.90 Å². The highest BCUT2D eigenvalue weighted by atomic mass is 32.2. The lowest BCUT2D eigenvalue weighted by Crippen LogP contribution is -2.23. The monoisotopic (exact) mass is 275 g/mol. The minimum Gasteiger partial charge on any atom is -0.376 e. The van der Waals surface area contributed by atoms with E-state index in [0.29, 0.717) is 5.76 Å². The summed E-state index contributed by atoms with van der Waals surface area (Å²) in [6, 6.07) is 0. The Balaban J connectivity index is 4.73. The molecule has 0 amide bonds. The van der Waals surface area contributed by atoms with Crippen molar-refractivity contribution in [3.8, 4) is 0 Å². The Bertz CT molecular complexity index is 314. The second kappa shape index (κ2) is 10.2. The minimum atomic E-state index is -2.27. The van der Waals surface area contributed by atoms with Crippen LogP contribution in [-0.2, 0) is 15.5 Å². The molecule has 106 valence electrons. The van der Waals surface area contributed by atoms with Crippen LogP contribution in [0.4, 0.5) is 0 Å². The van der Waals surface area contributed by atoms with E-state index in [-0.39, 0.29) is 0 Å². The predicted octanol–water partition coefficient (Wildman–Crippen LogP) is 3.45. The fourth-order valence-electron chi connectivity index (χ4n) is 1.61. The van der Waals surface area contributed by atoms with Crippen molar-refractivity contribution in [2.45, 2.75) is 53.4 Å². The molecule has 0 spiro atoms. The van der Waals surface area contributed by atoms with E-state index >= 15 is 0 Å². The molecular weight excluding hydrogens is 250 g/mol. The summed E-state index contributed by atoms with van der Waals surface area (Å²) in [7, 11) is 0. The van der Waals surface area contributed by atoms with E-state index in [0.717, 1.165) is 44.5 Å². The van der Waals surface area contributed by atoms with Gasteiger partial charge in [0.05, 0.1) is 5.70 Å². The third-order valence-corrected chi connectivity index (χ3v) is 2.98. The first-order chi connectivity index (χ1) is 8.51. The van der Waals surface area contributed by atoms with Crippen molar-refractivity contribution in [2.24, 2.45) is 0 Å². The molecule has 0 bridgehead atoms. The molecule has 0 aliphatic rings. The Hall–Kier alpha value is -0.770. The van der Waals surface area contributed by atoms with Crippen molar-refractivity contribution in [1.29, 1.82) is 0 Å². The normalized spacial score (nSPS) is 11.6. The summed E-state index contributed by atoms with van der Waals surface area (Å²) in [6.45, 7) is 9.90. The van der Waals surface area contributed by atoms with Gasteiger partial charge in [-0.3, -0.25) is 4.55 Å². The van der Waals surface area contributed by atoms with Gasteiger partial charge in [-0.15, -0.1) is 0 Å². The van der Waals surface area contributed by atoms with E-state index in [1.807, 2.05) is 6.92 Å². The highest BCUT2D eigenvalue weighted by molar-refractivity contribution is 7.74. The predicted molar refractivity (Wildman–Crippen MR) is 75.1 cm³/mol. The van der Waals surface area contributed by atoms with Gasteiger partial charge in [0.15, 0.2) is 5.76 Å². The van der Waals surface area contributed by atoms with Gasteiger partial charge in [-0.05, 0) is 19.8 Å². The Morgan fingerprint density at radius 2 is 1.72 bits per heavy atom. The van der Waals surface area contributed by atoms with Crippen molar-refractivity contribution in [3.05, 3.63) is 17.2 Å². The molecule has 0 aromatic heterocycles. The highest BCUT2D eigenvalue weighted by Gasteiger charge is 2.04. The lowest BCUT2D eigenvalue weighted by molar-refractivity contribution is 0.330. The van der Waals surface area contributed by atoms with E-state index in [2.05, 4.69) is 28.7 Å². The van der Waals surface area contributed by atoms with Crippen LogP contribution in [0, 0.1) is 0 Å². The third-order valence-electron chi connectivity index (χ3n) is 2.59. The van der Waals surface area contributed by atoms with Crippen LogP contribution in [0.3, 0.4) is 0 Å². The molecule has 18 heavy (non-hydrogen) atoms. The molecule has 0 aliphatic carbocycles. The molecule has 4 nitrogen and oxygen atoms in total. The molecular formula is C13H25NO3S. The first-order valence-electron chi connectivity index (χ1n) is 6.49. The molecule has 0 aromatic rings. The van der Waals surface area contributed by atoms with E-state index in [4.69, 9.17) is 4.55 Å². The van der Waals surface area contributed by atoms with E-state index in [1.165, 1.54) is 0 Å². The number of nitrogens with zero attached hydrogens (tertiary/aromatic N) is 1. The molecule has 0 aliphatic heterocycles. The van der Waals surface area contributed by atoms with Crippen LogP contribution in [0.1, 0.15) is 53.4 Å². The van der Waals surface area contributed by atoms with Gasteiger partial charge < -0.3 is 9.08 Å². The Labute approximate surface area is 113 Å². The molecule has 0 radical (unpaired) electrons. The molecule has 1 unspecified atom stereocenters. The zero-order valence-corrected chi connectivity index (χ0v) is 12.7. The summed E-state index contributed by atoms with van der Waals surface area (Å²) in [5.74, 6) is 0.339. The molecule has 0 aromatic carbocycles. The van der Waals surface area contributed by atoms with E-state index in [1.54, 1.807) is 6.92 Å². The van der Waals surface area contributed by atoms with Crippen LogP contribution in [0.15, 0.2) is 17.2 Å². The Kier molecular flexibility index (Phi) is 9.74. The number of allylic oxidation sites excluding steroid dienone is 1. The van der Waals surface area contributed by atoms with Crippen molar-refractivity contribution < 1.29 is 12.9 Å². The maximum Gasteiger partial charge on any atom is 0.357 e. The van der Waals surface area contributed by atoms with Crippen LogP contribution in [0.5, 0.6) is 0 Å². The molecule has 5 heteroatoms. The average molecular weight is 275 g/mol. The number of rotatable bonds is 9. The molecule has 0 saturated heterocycles. The molecule has 1 atom stereocenters. The van der Waals surface area contributed by atoms with Crippen molar-refractivity contribution in [2.75, 3.05) is 13.1 Å². The standard InChI is InChI=1S/C13H25NO3S/c1-5-7-9-14(10-8-6-2)12(3)11-13(4)17-18(15)16/h5-10H2,1-4H3,(H,15,16). The zero-order chi connectivity index (χ0) is 14.0. The Morgan fingerprint density at radius 3 is 2.11 bits per heavy atom. The highest BCUT2D eigenvalue weighted by Crippen LogP contribution is 2.08. The van der Waals surface area contributed by atoms with Gasteiger partial charge in [0.25, 0.3) is 0 Å². The lowest BCUT2D eigenvalue weighted by Gasteiger charge is -2.23. The van der Waals surface area contributed by atoms with Crippen molar-refractivity contribution in [3.63, 3.8) is 0 Å². The second-order valence-electron chi connectivity index (χ2n) is 4.26. The molecule has 0 fully saturated rings. The fraction of sp³-hybridized carbons (Fsp3) is 0.769. The van der Waals surface area contributed by atoms with Gasteiger partial charge in [0, 0.05) is 20.0 Å². The number of hydrogen-bond acceptors (Lipinski definition) is 3. The van der Waals surface area contributed by atoms with Gasteiger partial charge in [0.1, 0.15) is 0 Å². The van der Waals surface area contributed by atoms with Gasteiger partial charge in [-0.25, -0.2) is 0 Å². The van der Waals surface area contributed by atoms with Crippen LogP contribution in [0.2, 0.25) is 0 Å². The molecule has 0 heterocycles.